The van der Waals surface area contributed by atoms with E-state index < -0.39 is 172 Å². The summed E-state index contributed by atoms with van der Waals surface area (Å²) in [6.07, 6.45) is 1.63. The molecular formula is C43H22BF15N4O2. The normalized spacial score (nSPS) is 15.0. The number of aromatic nitrogens is 4. The van der Waals surface area contributed by atoms with E-state index in [0.29, 0.717) is 0 Å². The highest BCUT2D eigenvalue weighted by Gasteiger charge is 2.52. The first-order valence-electron chi connectivity index (χ1n) is 18.8. The molecule has 0 aliphatic carbocycles. The van der Waals surface area contributed by atoms with E-state index >= 15 is 35.1 Å². The van der Waals surface area contributed by atoms with Crippen LogP contribution in [0.1, 0.15) is 39.1 Å². The minimum absolute atomic E-state index is 0.0964. The predicted molar refractivity (Wildman–Crippen MR) is 207 cm³/mol. The molecule has 0 radical (unpaired) electrons. The Morgan fingerprint density at radius 1 is 0.385 bits per heavy atom. The number of nitrogens with zero attached hydrogens (tertiary/aromatic N) is 1. The SMILES string of the molecule is CC1(C)OB(c2cc3[nH]c2c2ccc([nH]2)c(-c2c(F)c(F)c(F)c(F)c2F)c2ccc([nH]2)c(-c2c(F)c(F)c(F)c(F)c2F)c2nc(c3-c3c(F)c(F)c(F)c(F)c3F)C=C2)OC1(C)C. The number of hydrogen-bond acceptors (Lipinski definition) is 3. The highest BCUT2D eigenvalue weighted by atomic mass is 19.2. The Morgan fingerprint density at radius 2 is 0.692 bits per heavy atom. The molecule has 0 unspecified atom stereocenters. The van der Waals surface area contributed by atoms with Gasteiger partial charge in [0, 0.05) is 44.2 Å². The van der Waals surface area contributed by atoms with E-state index in [4.69, 9.17) is 9.31 Å². The molecule has 0 amide bonds. The molecule has 65 heavy (non-hydrogen) atoms. The largest absolute Gasteiger partial charge is 0.497 e. The molecule has 3 N–H and O–H groups in total. The van der Waals surface area contributed by atoms with E-state index in [-0.39, 0.29) is 16.5 Å². The lowest BCUT2D eigenvalue weighted by atomic mass is 9.79. The Kier molecular flexibility index (Phi) is 9.84. The number of nitrogens with one attached hydrogen (secondary N) is 3. The average Bonchev–Trinajstić information content (AvgIpc) is 4.12. The lowest BCUT2D eigenvalue weighted by Gasteiger charge is -2.32. The molecule has 0 saturated carbocycles. The van der Waals surface area contributed by atoms with Gasteiger partial charge < -0.3 is 24.3 Å². The lowest BCUT2D eigenvalue weighted by molar-refractivity contribution is 0.00578. The van der Waals surface area contributed by atoms with Crippen molar-refractivity contribution < 1.29 is 75.2 Å². The summed E-state index contributed by atoms with van der Waals surface area (Å²) in [6.45, 7) is 6.51. The Labute approximate surface area is 353 Å². The third kappa shape index (κ3) is 6.27. The number of rotatable bonds is 4. The monoisotopic (exact) mass is 922 g/mol. The van der Waals surface area contributed by atoms with Gasteiger partial charge in [0.2, 0.25) is 17.5 Å². The van der Waals surface area contributed by atoms with Crippen LogP contribution in [-0.2, 0) is 9.31 Å². The van der Waals surface area contributed by atoms with Gasteiger partial charge in [0.15, 0.2) is 69.8 Å². The van der Waals surface area contributed by atoms with Crippen molar-refractivity contribution in [2.24, 2.45) is 0 Å². The summed E-state index contributed by atoms with van der Waals surface area (Å²) in [4.78, 5) is 12.1. The van der Waals surface area contributed by atoms with E-state index in [1.807, 2.05) is 0 Å². The van der Waals surface area contributed by atoms with Crippen LogP contribution in [0.25, 0.3) is 78.6 Å². The fraction of sp³-hybridized carbons (Fsp3) is 0.140. The Bertz CT molecular complexity index is 3330. The second-order valence-corrected chi connectivity index (χ2v) is 15.8. The molecule has 0 spiro atoms. The van der Waals surface area contributed by atoms with E-state index in [2.05, 4.69) is 19.9 Å². The summed E-state index contributed by atoms with van der Waals surface area (Å²) in [6, 6.07) is 5.01. The zero-order valence-corrected chi connectivity index (χ0v) is 33.1. The fourth-order valence-electron chi connectivity index (χ4n) is 7.69. The van der Waals surface area contributed by atoms with Gasteiger partial charge in [0.25, 0.3) is 0 Å². The van der Waals surface area contributed by atoms with Crippen molar-refractivity contribution in [3.05, 3.63) is 129 Å². The van der Waals surface area contributed by atoms with Crippen LogP contribution in [-0.4, -0.2) is 38.3 Å². The maximum Gasteiger partial charge on any atom is 0.497 e. The smallest absolute Gasteiger partial charge is 0.399 e. The molecule has 6 heterocycles. The third-order valence-corrected chi connectivity index (χ3v) is 11.6. The number of halogens is 15. The van der Waals surface area contributed by atoms with Gasteiger partial charge in [0.1, 0.15) is 0 Å². The van der Waals surface area contributed by atoms with E-state index in [1.54, 1.807) is 27.7 Å². The van der Waals surface area contributed by atoms with Crippen LogP contribution in [0.4, 0.5) is 65.9 Å². The van der Waals surface area contributed by atoms with Crippen molar-refractivity contribution >= 4 is 57.8 Å². The van der Waals surface area contributed by atoms with Gasteiger partial charge in [-0.25, -0.2) is 70.8 Å². The Balaban J connectivity index is 1.56. The van der Waals surface area contributed by atoms with Gasteiger partial charge in [-0.05, 0) is 70.2 Å². The quantitative estimate of drug-likeness (QED) is 0.0712. The third-order valence-electron chi connectivity index (χ3n) is 11.6. The van der Waals surface area contributed by atoms with Crippen molar-refractivity contribution in [2.45, 2.75) is 38.9 Å². The van der Waals surface area contributed by atoms with Crippen LogP contribution in [0.15, 0.2) is 30.3 Å². The fourth-order valence-corrected chi connectivity index (χ4v) is 7.69. The molecule has 1 fully saturated rings. The molecule has 2 aliphatic heterocycles. The van der Waals surface area contributed by atoms with Crippen molar-refractivity contribution in [1.82, 2.24) is 19.9 Å². The number of H-pyrrole nitrogens is 3. The summed E-state index contributed by atoms with van der Waals surface area (Å²) in [5.74, 6) is -36.9. The van der Waals surface area contributed by atoms with Gasteiger partial charge in [-0.1, -0.05) is 0 Å². The van der Waals surface area contributed by atoms with Crippen LogP contribution in [0, 0.1) is 87.3 Å². The van der Waals surface area contributed by atoms with Crippen LogP contribution >= 0.6 is 0 Å². The van der Waals surface area contributed by atoms with E-state index in [9.17, 15) is 30.7 Å². The lowest BCUT2D eigenvalue weighted by Crippen LogP contribution is -2.41. The number of hydrogen-bond donors (Lipinski definition) is 3. The van der Waals surface area contributed by atoms with Gasteiger partial charge in [-0.15, -0.1) is 0 Å². The van der Waals surface area contributed by atoms with Crippen molar-refractivity contribution in [3.8, 4) is 33.4 Å². The molecule has 22 heteroatoms. The van der Waals surface area contributed by atoms with Crippen molar-refractivity contribution in [3.63, 3.8) is 0 Å². The average molecular weight is 922 g/mol. The molecule has 4 aromatic heterocycles. The zero-order chi connectivity index (χ0) is 47.1. The molecule has 6 nitrogen and oxygen atoms in total. The van der Waals surface area contributed by atoms with Gasteiger partial charge in [-0.2, -0.15) is 0 Å². The predicted octanol–water partition coefficient (Wildman–Crippen LogP) is 12.1. The van der Waals surface area contributed by atoms with Crippen molar-refractivity contribution in [1.29, 1.82) is 0 Å². The molecule has 8 bridgehead atoms. The number of fused-ring (bicyclic) bond motifs is 9. The molecule has 9 rings (SSSR count). The standard InChI is InChI=1S/C43H22BF15N4O2/c1-42(2)43(3,4)65-44(64-42)12-11-19-22(25-30(49)36(55)40(59)37(56)31(25)50)17-8-7-14(61-17)20(23-26(45)32(51)38(57)33(52)27(23)46)13-5-6-15(60-13)21(16-9-10-18(62-16)41(12)63-19)24-28(47)34(53)39(58)35(54)29(24)48/h5-11,60,62-63H,1-4H3. The van der Waals surface area contributed by atoms with E-state index in [0.717, 1.165) is 36.4 Å². The topological polar surface area (TPSA) is 78.7 Å². The molecule has 334 valence electrons. The van der Waals surface area contributed by atoms with Crippen LogP contribution in [0.3, 0.4) is 0 Å². The Morgan fingerprint density at radius 3 is 1.09 bits per heavy atom. The molecular weight excluding hydrogens is 900 g/mol. The number of aromatic amines is 3. The van der Waals surface area contributed by atoms with Crippen molar-refractivity contribution in [2.75, 3.05) is 0 Å². The minimum atomic E-state index is -2.61. The highest BCUT2D eigenvalue weighted by Crippen LogP contribution is 2.43. The second kappa shape index (κ2) is 14.7. The molecule has 0 atom stereocenters. The first-order valence-corrected chi connectivity index (χ1v) is 18.8. The minimum Gasteiger partial charge on any atom is -0.399 e. The number of benzene rings is 3. The molecule has 3 aromatic carbocycles. The summed E-state index contributed by atoms with van der Waals surface area (Å²) >= 11 is 0. The molecule has 1 saturated heterocycles. The molecule has 7 aromatic rings. The van der Waals surface area contributed by atoms with Gasteiger partial charge in [0.05, 0.1) is 50.3 Å². The second-order valence-electron chi connectivity index (χ2n) is 15.8. The summed E-state index contributed by atoms with van der Waals surface area (Å²) in [5.41, 5.74) is -14.5. The Hall–Kier alpha value is -6.68. The molecule has 2 aliphatic rings. The van der Waals surface area contributed by atoms with E-state index in [1.165, 1.54) is 6.07 Å². The maximum atomic E-state index is 16.0. The highest BCUT2D eigenvalue weighted by molar-refractivity contribution is 6.65. The summed E-state index contributed by atoms with van der Waals surface area (Å²) in [7, 11) is -1.45. The first-order chi connectivity index (χ1) is 30.5. The van der Waals surface area contributed by atoms with Crippen LogP contribution < -0.4 is 5.46 Å². The first kappa shape index (κ1) is 43.6. The zero-order valence-electron chi connectivity index (χ0n) is 33.1. The summed E-state index contributed by atoms with van der Waals surface area (Å²) in [5, 5.41) is 0. The van der Waals surface area contributed by atoms with Crippen LogP contribution in [0.5, 0.6) is 0 Å². The van der Waals surface area contributed by atoms with Crippen LogP contribution in [0.2, 0.25) is 0 Å². The summed E-state index contributed by atoms with van der Waals surface area (Å²) < 4.78 is 241. The maximum absolute atomic E-state index is 16.0. The van der Waals surface area contributed by atoms with Gasteiger partial charge in [-0.3, -0.25) is 0 Å². The van der Waals surface area contributed by atoms with Gasteiger partial charge >= 0.3 is 7.12 Å².